The zero-order chi connectivity index (χ0) is 9.26. The normalized spacial score (nSPS) is 41.5. The second-order valence-corrected chi connectivity index (χ2v) is 4.16. The van der Waals surface area contributed by atoms with Gasteiger partial charge in [-0.25, -0.2) is 0 Å². The van der Waals surface area contributed by atoms with Crippen LogP contribution in [0.15, 0.2) is 0 Å². The third-order valence-electron chi connectivity index (χ3n) is 3.19. The van der Waals surface area contributed by atoms with Crippen molar-refractivity contribution in [2.45, 2.75) is 38.0 Å². The molecule has 1 aliphatic heterocycles. The summed E-state index contributed by atoms with van der Waals surface area (Å²) in [5.74, 6) is 0. The topological polar surface area (TPSA) is 21.7 Å². The smallest absolute Gasteiger partial charge is 0.0674 e. The molecule has 0 bridgehead atoms. The lowest BCUT2D eigenvalue weighted by Gasteiger charge is -2.45. The van der Waals surface area contributed by atoms with Gasteiger partial charge in [-0.15, -0.1) is 0 Å². The van der Waals surface area contributed by atoms with Gasteiger partial charge in [-0.05, 0) is 19.8 Å². The lowest BCUT2D eigenvalue weighted by Crippen LogP contribution is -2.53. The Morgan fingerprint density at radius 3 is 2.77 bits per heavy atom. The number of hydrogen-bond acceptors (Lipinski definition) is 3. The predicted octanol–water partition coefficient (Wildman–Crippen LogP) is 0.884. The Balaban J connectivity index is 1.75. The van der Waals surface area contributed by atoms with Gasteiger partial charge >= 0.3 is 0 Å². The molecule has 3 heteroatoms. The van der Waals surface area contributed by atoms with Crippen LogP contribution in [0.1, 0.15) is 19.8 Å². The van der Waals surface area contributed by atoms with E-state index in [1.54, 1.807) is 0 Å². The second kappa shape index (κ2) is 3.95. The van der Waals surface area contributed by atoms with E-state index >= 15 is 0 Å². The first-order valence-electron chi connectivity index (χ1n) is 5.18. The Morgan fingerprint density at radius 1 is 1.38 bits per heavy atom. The Labute approximate surface area is 80.0 Å². The fraction of sp³-hybridized carbons (Fsp3) is 1.00. The molecule has 76 valence electrons. The number of methoxy groups -OCH3 is 1. The third-order valence-corrected chi connectivity index (χ3v) is 3.19. The first-order chi connectivity index (χ1) is 6.29. The number of morpholine rings is 1. The van der Waals surface area contributed by atoms with Gasteiger partial charge in [0.1, 0.15) is 0 Å². The van der Waals surface area contributed by atoms with E-state index in [1.165, 1.54) is 12.8 Å². The molecule has 0 amide bonds. The summed E-state index contributed by atoms with van der Waals surface area (Å²) in [6.45, 7) is 5.25. The maximum Gasteiger partial charge on any atom is 0.0674 e. The zero-order valence-electron chi connectivity index (χ0n) is 8.53. The summed E-state index contributed by atoms with van der Waals surface area (Å²) in [4.78, 5) is 2.55. The molecule has 0 N–H and O–H groups in total. The molecule has 2 rings (SSSR count). The summed E-state index contributed by atoms with van der Waals surface area (Å²) in [7, 11) is 1.81. The van der Waals surface area contributed by atoms with Crippen LogP contribution >= 0.6 is 0 Å². The van der Waals surface area contributed by atoms with Crippen molar-refractivity contribution in [3.05, 3.63) is 0 Å². The Kier molecular flexibility index (Phi) is 2.86. The standard InChI is InChI=1S/C10H19NO2/c1-8-7-11(3-4-13-8)9-5-10(6-9)12-2/h8-10H,3-7H2,1-2H3. The molecule has 1 aliphatic carbocycles. The van der Waals surface area contributed by atoms with Crippen LogP contribution < -0.4 is 0 Å². The summed E-state index contributed by atoms with van der Waals surface area (Å²) in [6, 6.07) is 0.760. The van der Waals surface area contributed by atoms with E-state index in [-0.39, 0.29) is 0 Å². The molecule has 0 aromatic carbocycles. The first-order valence-corrected chi connectivity index (χ1v) is 5.18. The molecule has 1 saturated carbocycles. The van der Waals surface area contributed by atoms with Gasteiger partial charge in [-0.2, -0.15) is 0 Å². The van der Waals surface area contributed by atoms with Gasteiger partial charge in [0.25, 0.3) is 0 Å². The molecule has 1 heterocycles. The summed E-state index contributed by atoms with van der Waals surface area (Å²) in [5, 5.41) is 0. The van der Waals surface area contributed by atoms with E-state index in [1.807, 2.05) is 7.11 Å². The molecule has 0 aromatic heterocycles. The molecule has 1 unspecified atom stereocenters. The van der Waals surface area contributed by atoms with Crippen LogP contribution in [0.25, 0.3) is 0 Å². The van der Waals surface area contributed by atoms with E-state index < -0.39 is 0 Å². The lowest BCUT2D eigenvalue weighted by atomic mass is 9.87. The zero-order valence-corrected chi connectivity index (χ0v) is 8.53. The van der Waals surface area contributed by atoms with Gasteiger partial charge in [0.15, 0.2) is 0 Å². The van der Waals surface area contributed by atoms with Crippen LogP contribution in [0, 0.1) is 0 Å². The van der Waals surface area contributed by atoms with Crippen LogP contribution in [0.4, 0.5) is 0 Å². The molecule has 3 nitrogen and oxygen atoms in total. The highest BCUT2D eigenvalue weighted by molar-refractivity contribution is 4.89. The van der Waals surface area contributed by atoms with Crippen molar-refractivity contribution in [2.24, 2.45) is 0 Å². The molecule has 0 spiro atoms. The van der Waals surface area contributed by atoms with Crippen molar-refractivity contribution >= 4 is 0 Å². The summed E-state index contributed by atoms with van der Waals surface area (Å²) >= 11 is 0. The molecular formula is C10H19NO2. The van der Waals surface area contributed by atoms with Crippen molar-refractivity contribution in [2.75, 3.05) is 26.8 Å². The van der Waals surface area contributed by atoms with Crippen LogP contribution in [-0.2, 0) is 9.47 Å². The fourth-order valence-corrected chi connectivity index (χ4v) is 2.21. The molecular weight excluding hydrogens is 166 g/mol. The van der Waals surface area contributed by atoms with Crippen molar-refractivity contribution in [1.29, 1.82) is 0 Å². The van der Waals surface area contributed by atoms with Gasteiger partial charge in [-0.1, -0.05) is 0 Å². The highest BCUT2D eigenvalue weighted by atomic mass is 16.5. The number of nitrogens with zero attached hydrogens (tertiary/aromatic N) is 1. The molecule has 1 atom stereocenters. The van der Waals surface area contributed by atoms with Crippen LogP contribution in [0.3, 0.4) is 0 Å². The van der Waals surface area contributed by atoms with Crippen LogP contribution in [-0.4, -0.2) is 50.0 Å². The second-order valence-electron chi connectivity index (χ2n) is 4.16. The molecule has 13 heavy (non-hydrogen) atoms. The highest BCUT2D eigenvalue weighted by Crippen LogP contribution is 2.28. The number of hydrogen-bond donors (Lipinski definition) is 0. The maximum atomic E-state index is 5.51. The molecule has 0 radical (unpaired) electrons. The fourth-order valence-electron chi connectivity index (χ4n) is 2.21. The Hall–Kier alpha value is -0.120. The SMILES string of the molecule is COC1CC(N2CCOC(C)C2)C1. The summed E-state index contributed by atoms with van der Waals surface area (Å²) in [5.41, 5.74) is 0. The minimum Gasteiger partial charge on any atom is -0.381 e. The maximum absolute atomic E-state index is 5.51. The average molecular weight is 185 g/mol. The molecule has 1 saturated heterocycles. The largest absolute Gasteiger partial charge is 0.381 e. The molecule has 2 aliphatic rings. The van der Waals surface area contributed by atoms with Gasteiger partial charge < -0.3 is 9.47 Å². The van der Waals surface area contributed by atoms with E-state index in [0.29, 0.717) is 12.2 Å². The van der Waals surface area contributed by atoms with Gasteiger partial charge in [0.2, 0.25) is 0 Å². The van der Waals surface area contributed by atoms with Crippen LogP contribution in [0.2, 0.25) is 0 Å². The minimum atomic E-state index is 0.412. The van der Waals surface area contributed by atoms with Crippen LogP contribution in [0.5, 0.6) is 0 Å². The molecule has 2 fully saturated rings. The number of rotatable bonds is 2. The van der Waals surface area contributed by atoms with Crippen molar-refractivity contribution in [1.82, 2.24) is 4.90 Å². The van der Waals surface area contributed by atoms with Gasteiger partial charge in [0.05, 0.1) is 18.8 Å². The highest BCUT2D eigenvalue weighted by Gasteiger charge is 2.35. The van der Waals surface area contributed by atoms with Crippen molar-refractivity contribution < 1.29 is 9.47 Å². The monoisotopic (exact) mass is 185 g/mol. The van der Waals surface area contributed by atoms with Gasteiger partial charge in [-0.3, -0.25) is 4.90 Å². The lowest BCUT2D eigenvalue weighted by molar-refractivity contribution is -0.0822. The Bertz CT molecular complexity index is 168. The van der Waals surface area contributed by atoms with Gasteiger partial charge in [0, 0.05) is 26.2 Å². The first kappa shape index (κ1) is 9.44. The minimum absolute atomic E-state index is 0.412. The van der Waals surface area contributed by atoms with Crippen molar-refractivity contribution in [3.8, 4) is 0 Å². The van der Waals surface area contributed by atoms with Crippen molar-refractivity contribution in [3.63, 3.8) is 0 Å². The van der Waals surface area contributed by atoms with E-state index in [9.17, 15) is 0 Å². The summed E-state index contributed by atoms with van der Waals surface area (Å²) < 4.78 is 10.8. The summed E-state index contributed by atoms with van der Waals surface area (Å²) in [6.07, 6.45) is 3.35. The van der Waals surface area contributed by atoms with E-state index in [4.69, 9.17) is 9.47 Å². The van der Waals surface area contributed by atoms with E-state index in [2.05, 4.69) is 11.8 Å². The predicted molar refractivity (Wildman–Crippen MR) is 50.8 cm³/mol. The Morgan fingerprint density at radius 2 is 2.15 bits per heavy atom. The third kappa shape index (κ3) is 2.03. The number of ether oxygens (including phenoxy) is 2. The molecule has 0 aromatic rings. The average Bonchev–Trinajstić information content (AvgIpc) is 2.02. The quantitative estimate of drug-likeness (QED) is 0.637. The van der Waals surface area contributed by atoms with E-state index in [0.717, 1.165) is 25.7 Å².